The molecule has 0 saturated carbocycles. The summed E-state index contributed by atoms with van der Waals surface area (Å²) in [4.78, 5) is 47.9. The molecule has 3 amide bonds. The number of para-hydroxylation sites is 1. The number of benzene rings is 2. The normalized spacial score (nSPS) is 14.1. The predicted octanol–water partition coefficient (Wildman–Crippen LogP) is 2.44. The fourth-order valence-corrected chi connectivity index (χ4v) is 2.77. The van der Waals surface area contributed by atoms with Gasteiger partial charge in [-0.25, -0.2) is 9.59 Å². The molecule has 2 aromatic carbocycles. The first-order chi connectivity index (χ1) is 13.9. The Morgan fingerprint density at radius 1 is 1.24 bits per heavy atom. The van der Waals surface area contributed by atoms with Crippen LogP contribution < -0.4 is 10.6 Å². The molecule has 0 aromatic heterocycles. The smallest absolute Gasteiger partial charge is 0.339 e. The van der Waals surface area contributed by atoms with Crippen molar-refractivity contribution in [1.29, 1.82) is 0 Å². The van der Waals surface area contributed by atoms with E-state index in [0.29, 0.717) is 12.2 Å². The van der Waals surface area contributed by atoms with Crippen molar-refractivity contribution in [3.8, 4) is 0 Å². The summed E-state index contributed by atoms with van der Waals surface area (Å²) in [6.07, 6.45) is -1.22. The molecule has 0 radical (unpaired) electrons. The van der Waals surface area contributed by atoms with E-state index in [1.165, 1.54) is 19.1 Å². The van der Waals surface area contributed by atoms with Crippen LogP contribution in [-0.2, 0) is 9.53 Å². The van der Waals surface area contributed by atoms with Crippen molar-refractivity contribution in [1.82, 2.24) is 10.2 Å². The molecule has 0 aliphatic carbocycles. The third-order valence-corrected chi connectivity index (χ3v) is 4.24. The molecular formula is C19H18N4O6. The lowest BCUT2D eigenvalue weighted by Gasteiger charge is -2.18. The minimum atomic E-state index is -1.22. The number of esters is 1. The van der Waals surface area contributed by atoms with Crippen LogP contribution in [-0.4, -0.2) is 46.9 Å². The third-order valence-electron chi connectivity index (χ3n) is 4.24. The number of anilines is 2. The number of hydrogen-bond donors (Lipinski definition) is 2. The second kappa shape index (κ2) is 8.38. The summed E-state index contributed by atoms with van der Waals surface area (Å²) in [5.74, 6) is -1.56. The minimum Gasteiger partial charge on any atom is -0.449 e. The second-order valence-electron chi connectivity index (χ2n) is 6.25. The molecule has 150 valence electrons. The number of amides is 3. The first kappa shape index (κ1) is 19.8. The first-order valence-electron chi connectivity index (χ1n) is 8.77. The van der Waals surface area contributed by atoms with E-state index in [1.807, 2.05) is 6.07 Å². The maximum atomic E-state index is 12.4. The van der Waals surface area contributed by atoms with Crippen LogP contribution in [0.15, 0.2) is 48.5 Å². The van der Waals surface area contributed by atoms with Crippen LogP contribution in [0.1, 0.15) is 17.3 Å². The van der Waals surface area contributed by atoms with Crippen LogP contribution in [0.4, 0.5) is 21.9 Å². The standard InChI is InChI=1S/C19H18N4O6/c1-12(17(24)22-10-9-20-19(22)26)29-18(25)13-7-8-15(16(11-13)23(27)28)21-14-5-3-2-4-6-14/h2-8,11-12,21H,9-10H2,1H3,(H,20,26)/t12-/m1/s1. The average Bonchev–Trinajstić information content (AvgIpc) is 3.14. The molecule has 1 heterocycles. The predicted molar refractivity (Wildman–Crippen MR) is 103 cm³/mol. The second-order valence-corrected chi connectivity index (χ2v) is 6.25. The Balaban J connectivity index is 1.75. The van der Waals surface area contributed by atoms with Gasteiger partial charge in [-0.1, -0.05) is 18.2 Å². The Hall–Kier alpha value is -3.95. The lowest BCUT2D eigenvalue weighted by molar-refractivity contribution is -0.383. The van der Waals surface area contributed by atoms with Gasteiger partial charge in [-0.2, -0.15) is 0 Å². The van der Waals surface area contributed by atoms with Gasteiger partial charge in [-0.3, -0.25) is 19.8 Å². The van der Waals surface area contributed by atoms with Crippen LogP contribution >= 0.6 is 0 Å². The molecule has 1 fully saturated rings. The summed E-state index contributed by atoms with van der Waals surface area (Å²) in [5, 5.41) is 16.8. The number of nitrogens with zero attached hydrogens (tertiary/aromatic N) is 2. The minimum absolute atomic E-state index is 0.0826. The van der Waals surface area contributed by atoms with Crippen molar-refractivity contribution >= 4 is 35.0 Å². The van der Waals surface area contributed by atoms with Crippen molar-refractivity contribution < 1.29 is 24.0 Å². The fourth-order valence-electron chi connectivity index (χ4n) is 2.77. The van der Waals surface area contributed by atoms with Gasteiger partial charge in [0.05, 0.1) is 10.5 Å². The summed E-state index contributed by atoms with van der Waals surface area (Å²) in [7, 11) is 0. The van der Waals surface area contributed by atoms with E-state index in [4.69, 9.17) is 4.74 Å². The Morgan fingerprint density at radius 3 is 2.59 bits per heavy atom. The van der Waals surface area contributed by atoms with E-state index in [1.54, 1.807) is 24.3 Å². The number of nitrogens with one attached hydrogen (secondary N) is 2. The zero-order chi connectivity index (χ0) is 21.0. The Labute approximate surface area is 165 Å². The van der Waals surface area contributed by atoms with E-state index in [9.17, 15) is 24.5 Å². The Morgan fingerprint density at radius 2 is 1.97 bits per heavy atom. The number of hydrogen-bond acceptors (Lipinski definition) is 7. The number of nitro benzene ring substituents is 1. The molecule has 2 aromatic rings. The van der Waals surface area contributed by atoms with Crippen LogP contribution in [0, 0.1) is 10.1 Å². The highest BCUT2D eigenvalue weighted by atomic mass is 16.6. The van der Waals surface area contributed by atoms with Gasteiger partial charge in [-0.15, -0.1) is 0 Å². The van der Waals surface area contributed by atoms with Crippen LogP contribution in [0.2, 0.25) is 0 Å². The van der Waals surface area contributed by atoms with Gasteiger partial charge >= 0.3 is 12.0 Å². The van der Waals surface area contributed by atoms with Gasteiger partial charge in [-0.05, 0) is 31.2 Å². The number of carbonyl (C=O) groups excluding carboxylic acids is 3. The van der Waals surface area contributed by atoms with Crippen molar-refractivity contribution in [3.05, 3.63) is 64.2 Å². The molecule has 0 bridgehead atoms. The maximum Gasteiger partial charge on any atom is 0.339 e. The number of imide groups is 1. The van der Waals surface area contributed by atoms with E-state index in [-0.39, 0.29) is 23.5 Å². The van der Waals surface area contributed by atoms with E-state index in [0.717, 1.165) is 11.0 Å². The zero-order valence-corrected chi connectivity index (χ0v) is 15.5. The molecule has 1 atom stereocenters. The molecular weight excluding hydrogens is 380 g/mol. The maximum absolute atomic E-state index is 12.4. The molecule has 10 nitrogen and oxygen atoms in total. The van der Waals surface area contributed by atoms with Gasteiger partial charge in [0.1, 0.15) is 5.69 Å². The molecule has 2 N–H and O–H groups in total. The van der Waals surface area contributed by atoms with Gasteiger partial charge < -0.3 is 15.4 Å². The summed E-state index contributed by atoms with van der Waals surface area (Å²) in [6, 6.07) is 12.1. The Kier molecular flexibility index (Phi) is 5.72. The van der Waals surface area contributed by atoms with Gasteiger partial charge in [0.25, 0.3) is 11.6 Å². The molecule has 1 aliphatic heterocycles. The van der Waals surface area contributed by atoms with Crippen LogP contribution in [0.25, 0.3) is 0 Å². The highest BCUT2D eigenvalue weighted by Crippen LogP contribution is 2.29. The molecule has 0 spiro atoms. The highest BCUT2D eigenvalue weighted by molar-refractivity contribution is 5.99. The van der Waals surface area contributed by atoms with Crippen LogP contribution in [0.3, 0.4) is 0 Å². The lowest BCUT2D eigenvalue weighted by Crippen LogP contribution is -2.41. The van der Waals surface area contributed by atoms with Gasteiger partial charge in [0.15, 0.2) is 6.10 Å². The molecule has 3 rings (SSSR count). The highest BCUT2D eigenvalue weighted by Gasteiger charge is 2.32. The van der Waals surface area contributed by atoms with Gasteiger partial charge in [0.2, 0.25) is 0 Å². The molecule has 1 aliphatic rings. The molecule has 10 heteroatoms. The quantitative estimate of drug-likeness (QED) is 0.434. The number of ether oxygens (including phenoxy) is 1. The van der Waals surface area contributed by atoms with Crippen molar-refractivity contribution in [2.75, 3.05) is 18.4 Å². The lowest BCUT2D eigenvalue weighted by atomic mass is 10.1. The van der Waals surface area contributed by atoms with E-state index < -0.39 is 28.9 Å². The summed E-state index contributed by atoms with van der Waals surface area (Å²) in [5.41, 5.74) is 0.451. The van der Waals surface area contributed by atoms with Crippen molar-refractivity contribution in [2.45, 2.75) is 13.0 Å². The summed E-state index contributed by atoms with van der Waals surface area (Å²) >= 11 is 0. The van der Waals surface area contributed by atoms with E-state index in [2.05, 4.69) is 10.6 Å². The average molecular weight is 398 g/mol. The summed E-state index contributed by atoms with van der Waals surface area (Å²) in [6.45, 7) is 1.85. The third kappa shape index (κ3) is 4.49. The topological polar surface area (TPSA) is 131 Å². The monoisotopic (exact) mass is 398 g/mol. The fraction of sp³-hybridized carbons (Fsp3) is 0.211. The van der Waals surface area contributed by atoms with Crippen molar-refractivity contribution in [3.63, 3.8) is 0 Å². The Bertz CT molecular complexity index is 962. The molecule has 0 unspecified atom stereocenters. The number of rotatable bonds is 6. The molecule has 1 saturated heterocycles. The first-order valence-corrected chi connectivity index (χ1v) is 8.77. The van der Waals surface area contributed by atoms with Crippen LogP contribution in [0.5, 0.6) is 0 Å². The number of urea groups is 1. The van der Waals surface area contributed by atoms with E-state index >= 15 is 0 Å². The number of nitro groups is 1. The van der Waals surface area contributed by atoms with Crippen molar-refractivity contribution in [2.24, 2.45) is 0 Å². The summed E-state index contributed by atoms with van der Waals surface area (Å²) < 4.78 is 5.10. The number of carbonyl (C=O) groups is 3. The molecule has 29 heavy (non-hydrogen) atoms. The SMILES string of the molecule is C[C@@H](OC(=O)c1ccc(Nc2ccccc2)c([N+](=O)[O-])c1)C(=O)N1CCNC1=O. The van der Waals surface area contributed by atoms with Gasteiger partial charge in [0, 0.05) is 24.8 Å². The largest absolute Gasteiger partial charge is 0.449 e. The zero-order valence-electron chi connectivity index (χ0n) is 15.5.